The molecule has 0 radical (unpaired) electrons. The SMILES string of the molecule is CCN(CC)CC(C)NC(=O)[C@@H]1CCCNC1. The highest BCUT2D eigenvalue weighted by Gasteiger charge is 2.22. The fraction of sp³-hybridized carbons (Fsp3) is 0.923. The summed E-state index contributed by atoms with van der Waals surface area (Å²) in [5.41, 5.74) is 0. The fourth-order valence-corrected chi connectivity index (χ4v) is 2.35. The van der Waals surface area contributed by atoms with Gasteiger partial charge < -0.3 is 15.5 Å². The minimum absolute atomic E-state index is 0.169. The van der Waals surface area contributed by atoms with E-state index in [9.17, 15) is 4.79 Å². The van der Waals surface area contributed by atoms with E-state index in [4.69, 9.17) is 0 Å². The van der Waals surface area contributed by atoms with E-state index in [1.807, 2.05) is 0 Å². The molecular formula is C13H27N3O. The Kier molecular flexibility index (Phi) is 6.52. The molecule has 0 aliphatic carbocycles. The van der Waals surface area contributed by atoms with Crippen molar-refractivity contribution in [2.45, 2.75) is 39.7 Å². The van der Waals surface area contributed by atoms with Crippen LogP contribution in [0.4, 0.5) is 0 Å². The van der Waals surface area contributed by atoms with E-state index < -0.39 is 0 Å². The van der Waals surface area contributed by atoms with Gasteiger partial charge in [0, 0.05) is 19.1 Å². The van der Waals surface area contributed by atoms with Crippen molar-refractivity contribution in [3.8, 4) is 0 Å². The first-order chi connectivity index (χ1) is 8.17. The third-order valence-electron chi connectivity index (χ3n) is 3.48. The fourth-order valence-electron chi connectivity index (χ4n) is 2.35. The Bertz CT molecular complexity index is 223. The molecule has 1 heterocycles. The maximum Gasteiger partial charge on any atom is 0.224 e. The topological polar surface area (TPSA) is 44.4 Å². The van der Waals surface area contributed by atoms with Crippen molar-refractivity contribution in [1.29, 1.82) is 0 Å². The molecule has 100 valence electrons. The minimum Gasteiger partial charge on any atom is -0.352 e. The predicted molar refractivity (Wildman–Crippen MR) is 71.0 cm³/mol. The molecule has 2 N–H and O–H groups in total. The number of nitrogens with zero attached hydrogens (tertiary/aromatic N) is 1. The van der Waals surface area contributed by atoms with E-state index in [2.05, 4.69) is 36.3 Å². The Morgan fingerprint density at radius 3 is 2.71 bits per heavy atom. The summed E-state index contributed by atoms with van der Waals surface area (Å²) >= 11 is 0. The molecule has 1 rings (SSSR count). The van der Waals surface area contributed by atoms with Crippen LogP contribution in [0.25, 0.3) is 0 Å². The molecule has 0 bridgehead atoms. The predicted octanol–water partition coefficient (Wildman–Crippen LogP) is 0.833. The van der Waals surface area contributed by atoms with Crippen molar-refractivity contribution in [2.75, 3.05) is 32.7 Å². The molecule has 1 aliphatic rings. The molecule has 0 spiro atoms. The quantitative estimate of drug-likeness (QED) is 0.724. The Hall–Kier alpha value is -0.610. The summed E-state index contributed by atoms with van der Waals surface area (Å²) in [6, 6.07) is 0.240. The van der Waals surface area contributed by atoms with E-state index >= 15 is 0 Å². The van der Waals surface area contributed by atoms with Crippen LogP contribution in [0.15, 0.2) is 0 Å². The summed E-state index contributed by atoms with van der Waals surface area (Å²) in [6.07, 6.45) is 2.14. The highest BCUT2D eigenvalue weighted by atomic mass is 16.2. The number of hydrogen-bond donors (Lipinski definition) is 2. The van der Waals surface area contributed by atoms with Gasteiger partial charge in [0.05, 0.1) is 5.92 Å². The standard InChI is InChI=1S/C13H27N3O/c1-4-16(5-2)10-11(3)15-13(17)12-7-6-8-14-9-12/h11-12,14H,4-10H2,1-3H3,(H,15,17)/t11?,12-/m1/s1. The monoisotopic (exact) mass is 241 g/mol. The van der Waals surface area contributed by atoms with E-state index in [1.54, 1.807) is 0 Å². The van der Waals surface area contributed by atoms with Crippen molar-refractivity contribution < 1.29 is 4.79 Å². The van der Waals surface area contributed by atoms with Crippen LogP contribution in [0.3, 0.4) is 0 Å². The van der Waals surface area contributed by atoms with E-state index in [0.29, 0.717) is 0 Å². The van der Waals surface area contributed by atoms with Crippen molar-refractivity contribution in [1.82, 2.24) is 15.5 Å². The zero-order valence-corrected chi connectivity index (χ0v) is 11.5. The summed E-state index contributed by atoms with van der Waals surface area (Å²) in [6.45, 7) is 11.3. The number of piperidine rings is 1. The first-order valence-corrected chi connectivity index (χ1v) is 6.90. The van der Waals surface area contributed by atoms with E-state index in [0.717, 1.165) is 45.6 Å². The van der Waals surface area contributed by atoms with Gasteiger partial charge in [0.1, 0.15) is 0 Å². The van der Waals surface area contributed by atoms with E-state index in [-0.39, 0.29) is 17.9 Å². The molecule has 1 saturated heterocycles. The van der Waals surface area contributed by atoms with Crippen molar-refractivity contribution in [3.63, 3.8) is 0 Å². The number of amides is 1. The zero-order chi connectivity index (χ0) is 12.7. The average molecular weight is 241 g/mol. The minimum atomic E-state index is 0.169. The molecule has 0 aromatic carbocycles. The van der Waals surface area contributed by atoms with Crippen LogP contribution in [0.2, 0.25) is 0 Å². The Labute approximate surface area is 105 Å². The number of likely N-dealkylation sites (N-methyl/N-ethyl adjacent to an activating group) is 1. The Morgan fingerprint density at radius 1 is 1.47 bits per heavy atom. The van der Waals surface area contributed by atoms with Gasteiger partial charge in [-0.15, -0.1) is 0 Å². The second kappa shape index (κ2) is 7.67. The van der Waals surface area contributed by atoms with Crippen LogP contribution >= 0.6 is 0 Å². The molecule has 4 nitrogen and oxygen atoms in total. The molecular weight excluding hydrogens is 214 g/mol. The van der Waals surface area contributed by atoms with Crippen molar-refractivity contribution in [2.24, 2.45) is 5.92 Å². The summed E-state index contributed by atoms with van der Waals surface area (Å²) in [7, 11) is 0. The molecule has 0 aromatic heterocycles. The number of rotatable bonds is 6. The van der Waals surface area contributed by atoms with Gasteiger partial charge in [-0.25, -0.2) is 0 Å². The smallest absolute Gasteiger partial charge is 0.224 e. The normalized spacial score (nSPS) is 22.5. The summed E-state index contributed by atoms with van der Waals surface area (Å²) < 4.78 is 0. The zero-order valence-electron chi connectivity index (χ0n) is 11.5. The third kappa shape index (κ3) is 5.04. The molecule has 1 fully saturated rings. The highest BCUT2D eigenvalue weighted by molar-refractivity contribution is 5.79. The third-order valence-corrected chi connectivity index (χ3v) is 3.48. The lowest BCUT2D eigenvalue weighted by Gasteiger charge is -2.27. The van der Waals surface area contributed by atoms with Gasteiger partial charge >= 0.3 is 0 Å². The van der Waals surface area contributed by atoms with Crippen molar-refractivity contribution >= 4 is 5.91 Å². The van der Waals surface area contributed by atoms with Crippen LogP contribution in [0, 0.1) is 5.92 Å². The number of carbonyl (C=O) groups excluding carboxylic acids is 1. The lowest BCUT2D eigenvalue weighted by atomic mass is 9.98. The lowest BCUT2D eigenvalue weighted by molar-refractivity contribution is -0.126. The maximum atomic E-state index is 12.0. The summed E-state index contributed by atoms with van der Waals surface area (Å²) in [4.78, 5) is 14.3. The molecule has 4 heteroatoms. The largest absolute Gasteiger partial charge is 0.352 e. The number of nitrogens with one attached hydrogen (secondary N) is 2. The molecule has 1 unspecified atom stereocenters. The lowest BCUT2D eigenvalue weighted by Crippen LogP contribution is -2.47. The second-order valence-electron chi connectivity index (χ2n) is 4.94. The molecule has 1 aliphatic heterocycles. The molecule has 0 aromatic rings. The first-order valence-electron chi connectivity index (χ1n) is 6.90. The number of carbonyl (C=O) groups is 1. The molecule has 0 saturated carbocycles. The maximum absolute atomic E-state index is 12.0. The van der Waals surface area contributed by atoms with Gasteiger partial charge in [-0.05, 0) is 39.4 Å². The highest BCUT2D eigenvalue weighted by Crippen LogP contribution is 2.10. The second-order valence-corrected chi connectivity index (χ2v) is 4.94. The Morgan fingerprint density at radius 2 is 2.18 bits per heavy atom. The first kappa shape index (κ1) is 14.5. The molecule has 17 heavy (non-hydrogen) atoms. The van der Waals surface area contributed by atoms with Gasteiger partial charge in [0.25, 0.3) is 0 Å². The van der Waals surface area contributed by atoms with Crippen LogP contribution in [0.5, 0.6) is 0 Å². The van der Waals surface area contributed by atoms with Gasteiger partial charge in [0.2, 0.25) is 5.91 Å². The molecule has 1 amide bonds. The van der Waals surface area contributed by atoms with Crippen LogP contribution in [0.1, 0.15) is 33.6 Å². The van der Waals surface area contributed by atoms with Crippen molar-refractivity contribution in [3.05, 3.63) is 0 Å². The van der Waals surface area contributed by atoms with Crippen LogP contribution in [-0.4, -0.2) is 49.6 Å². The van der Waals surface area contributed by atoms with Gasteiger partial charge in [-0.1, -0.05) is 13.8 Å². The van der Waals surface area contributed by atoms with Crippen LogP contribution in [-0.2, 0) is 4.79 Å². The summed E-state index contributed by atoms with van der Waals surface area (Å²) in [5, 5.41) is 6.41. The average Bonchev–Trinajstić information content (AvgIpc) is 2.37. The van der Waals surface area contributed by atoms with E-state index in [1.165, 1.54) is 0 Å². The van der Waals surface area contributed by atoms with Gasteiger partial charge in [-0.3, -0.25) is 4.79 Å². The molecule has 2 atom stereocenters. The van der Waals surface area contributed by atoms with Gasteiger partial charge in [0.15, 0.2) is 0 Å². The Balaban J connectivity index is 2.29. The number of hydrogen-bond acceptors (Lipinski definition) is 3. The van der Waals surface area contributed by atoms with Gasteiger partial charge in [-0.2, -0.15) is 0 Å². The van der Waals surface area contributed by atoms with Crippen LogP contribution < -0.4 is 10.6 Å². The summed E-state index contributed by atoms with van der Waals surface area (Å²) in [5.74, 6) is 0.389.